The molecule has 5 aromatic carbocycles. The first-order valence-corrected chi connectivity index (χ1v) is 21.4. The average Bonchev–Trinajstić information content (AvgIpc) is 3.27. The topological polar surface area (TPSA) is 152 Å². The standard InChI is InChI=1S/C51H56N4O7/c1-33-16-18-38(47(58)32-37-19-17-35(30-34(37)2)10-9-15-45(56)41-20-22-46(57)50-42(41)21-23-48(59)53-50)31-44(33)54(3)49(60)26-29-55-27-24-39(25-28-55)62-51(61)52-43-14-8-7-13-40(43)36-11-5-4-6-12-36/h4-8,11-14,16-23,30-31,39,45,48,53,56-57,59H,9-10,15,24-29,32H2,1-3H3,(H,52,61)/t45-,48?/m0/s1. The SMILES string of the molecule is Cc1cc(CCC[C@H](O)c2ccc(O)c3c2C=CC(O)N3)ccc1CC(=O)c1ccc(C)c(N(C)C(=O)CCN2CCC(OC(=O)Nc3ccccc3-c3ccccc3)CC2)c1. The van der Waals surface area contributed by atoms with Crippen LogP contribution in [0.5, 0.6) is 5.75 Å². The quantitative estimate of drug-likeness (QED) is 0.0514. The zero-order valence-corrected chi connectivity index (χ0v) is 35.6. The van der Waals surface area contributed by atoms with Gasteiger partial charge in [-0.3, -0.25) is 14.9 Å². The number of nitrogens with one attached hydrogen (secondary N) is 2. The number of hydrogen-bond donors (Lipinski definition) is 5. The minimum Gasteiger partial charge on any atom is -0.506 e. The van der Waals surface area contributed by atoms with Gasteiger partial charge in [0.05, 0.1) is 17.5 Å². The molecule has 7 rings (SSSR count). The number of amides is 2. The van der Waals surface area contributed by atoms with E-state index in [2.05, 4.69) is 21.6 Å². The number of phenolic OH excluding ortho intramolecular Hbond substituents is 1. The van der Waals surface area contributed by atoms with Gasteiger partial charge in [-0.25, -0.2) is 4.79 Å². The Hall–Kier alpha value is -6.27. The van der Waals surface area contributed by atoms with Gasteiger partial charge in [-0.05, 0) is 104 Å². The van der Waals surface area contributed by atoms with Crippen molar-refractivity contribution in [3.05, 3.63) is 148 Å². The Morgan fingerprint density at radius 1 is 0.919 bits per heavy atom. The molecule has 2 amide bonds. The van der Waals surface area contributed by atoms with E-state index in [1.54, 1.807) is 30.2 Å². The molecule has 5 aromatic rings. The van der Waals surface area contributed by atoms with E-state index in [-0.39, 0.29) is 30.0 Å². The lowest BCUT2D eigenvalue weighted by Crippen LogP contribution is -2.40. The van der Waals surface area contributed by atoms with E-state index in [0.717, 1.165) is 46.2 Å². The molecule has 1 unspecified atom stereocenters. The van der Waals surface area contributed by atoms with E-state index in [9.17, 15) is 29.7 Å². The molecule has 2 heterocycles. The zero-order valence-electron chi connectivity index (χ0n) is 35.6. The van der Waals surface area contributed by atoms with Crippen molar-refractivity contribution < 1.29 is 34.4 Å². The first-order valence-electron chi connectivity index (χ1n) is 21.4. The number of piperidine rings is 1. The molecule has 11 heteroatoms. The Labute approximate surface area is 363 Å². The van der Waals surface area contributed by atoms with Crippen LogP contribution < -0.4 is 15.5 Å². The third kappa shape index (κ3) is 10.8. The molecule has 2 atom stereocenters. The predicted octanol–water partition coefficient (Wildman–Crippen LogP) is 8.98. The lowest BCUT2D eigenvalue weighted by atomic mass is 9.93. The average molecular weight is 837 g/mol. The summed E-state index contributed by atoms with van der Waals surface area (Å²) in [6, 6.07) is 32.5. The highest BCUT2D eigenvalue weighted by molar-refractivity contribution is 6.00. The van der Waals surface area contributed by atoms with Crippen molar-refractivity contribution in [2.45, 2.75) is 77.2 Å². The molecular formula is C51H56N4O7. The maximum absolute atomic E-state index is 13.6. The molecule has 0 aromatic heterocycles. The van der Waals surface area contributed by atoms with Crippen molar-refractivity contribution >= 4 is 40.9 Å². The van der Waals surface area contributed by atoms with Crippen LogP contribution in [-0.4, -0.2) is 77.0 Å². The van der Waals surface area contributed by atoms with Crippen LogP contribution in [0.2, 0.25) is 0 Å². The van der Waals surface area contributed by atoms with Crippen LogP contribution in [0.4, 0.5) is 21.9 Å². The second-order valence-corrected chi connectivity index (χ2v) is 16.4. The summed E-state index contributed by atoms with van der Waals surface area (Å²) in [6.07, 6.45) is 4.89. The molecule has 1 saturated heterocycles. The highest BCUT2D eigenvalue weighted by Gasteiger charge is 2.25. The van der Waals surface area contributed by atoms with E-state index < -0.39 is 18.4 Å². The summed E-state index contributed by atoms with van der Waals surface area (Å²) in [5, 5.41) is 36.9. The number of carbonyl (C=O) groups is 3. The van der Waals surface area contributed by atoms with Gasteiger partial charge < -0.3 is 35.2 Å². The van der Waals surface area contributed by atoms with Crippen LogP contribution in [-0.2, 0) is 22.4 Å². The van der Waals surface area contributed by atoms with Crippen molar-refractivity contribution in [2.75, 3.05) is 42.2 Å². The number of ether oxygens (including phenoxy) is 1. The molecule has 2 aliphatic rings. The number of likely N-dealkylation sites (tertiary alicyclic amines) is 1. The maximum atomic E-state index is 13.6. The molecule has 0 saturated carbocycles. The molecule has 0 bridgehead atoms. The number of para-hydroxylation sites is 1. The number of phenols is 1. The van der Waals surface area contributed by atoms with Gasteiger partial charge in [-0.1, -0.05) is 91.0 Å². The molecule has 1 fully saturated rings. The Balaban J connectivity index is 0.856. The fourth-order valence-corrected chi connectivity index (χ4v) is 8.37. The van der Waals surface area contributed by atoms with E-state index in [4.69, 9.17) is 4.74 Å². The van der Waals surface area contributed by atoms with Crippen molar-refractivity contribution in [1.82, 2.24) is 4.90 Å². The number of carbonyl (C=O) groups excluding carboxylic acids is 3. The summed E-state index contributed by atoms with van der Waals surface area (Å²) in [7, 11) is 1.76. The fourth-order valence-electron chi connectivity index (χ4n) is 8.37. The van der Waals surface area contributed by atoms with Crippen LogP contribution in [0.15, 0.2) is 109 Å². The smallest absolute Gasteiger partial charge is 0.411 e. The first-order chi connectivity index (χ1) is 29.9. The molecule has 0 radical (unpaired) electrons. The highest BCUT2D eigenvalue weighted by Crippen LogP contribution is 2.38. The number of Topliss-reactive ketones (excluding diaryl/α,β-unsaturated/α-hetero) is 1. The zero-order chi connectivity index (χ0) is 43.8. The first kappa shape index (κ1) is 43.8. The van der Waals surface area contributed by atoms with Gasteiger partial charge in [0, 0.05) is 61.9 Å². The van der Waals surface area contributed by atoms with Gasteiger partial charge >= 0.3 is 6.09 Å². The molecular weight excluding hydrogens is 781 g/mol. The van der Waals surface area contributed by atoms with Crippen LogP contribution in [0.3, 0.4) is 0 Å². The fraction of sp³-hybridized carbons (Fsp3) is 0.314. The van der Waals surface area contributed by atoms with E-state index in [0.29, 0.717) is 79.1 Å². The lowest BCUT2D eigenvalue weighted by molar-refractivity contribution is -0.118. The maximum Gasteiger partial charge on any atom is 0.411 e. The Morgan fingerprint density at radius 2 is 1.68 bits per heavy atom. The molecule has 62 heavy (non-hydrogen) atoms. The van der Waals surface area contributed by atoms with Crippen molar-refractivity contribution in [3.63, 3.8) is 0 Å². The minimum absolute atomic E-state index is 0.0212. The second kappa shape index (κ2) is 20.1. The number of nitrogens with zero attached hydrogens (tertiary/aromatic N) is 2. The summed E-state index contributed by atoms with van der Waals surface area (Å²) < 4.78 is 5.80. The molecule has 322 valence electrons. The van der Waals surface area contributed by atoms with Gasteiger partial charge in [-0.15, -0.1) is 0 Å². The van der Waals surface area contributed by atoms with Crippen LogP contribution in [0.1, 0.15) is 81.9 Å². The summed E-state index contributed by atoms with van der Waals surface area (Å²) >= 11 is 0. The largest absolute Gasteiger partial charge is 0.506 e. The summed E-state index contributed by atoms with van der Waals surface area (Å²) in [6.45, 7) is 5.96. The Morgan fingerprint density at radius 3 is 2.45 bits per heavy atom. The van der Waals surface area contributed by atoms with Gasteiger partial charge in [0.15, 0.2) is 5.78 Å². The number of aromatic hydroxyl groups is 1. The van der Waals surface area contributed by atoms with E-state index in [1.807, 2.05) is 98.8 Å². The lowest BCUT2D eigenvalue weighted by Gasteiger charge is -2.32. The number of anilines is 3. The molecule has 2 aliphatic heterocycles. The minimum atomic E-state index is -0.895. The number of rotatable bonds is 15. The number of fused-ring (bicyclic) bond motifs is 1. The van der Waals surface area contributed by atoms with Crippen molar-refractivity contribution in [1.29, 1.82) is 0 Å². The number of aliphatic hydroxyl groups is 2. The number of ketones is 1. The molecule has 0 spiro atoms. The van der Waals surface area contributed by atoms with Crippen molar-refractivity contribution in [2.24, 2.45) is 0 Å². The predicted molar refractivity (Wildman–Crippen MR) is 245 cm³/mol. The Kier molecular flexibility index (Phi) is 14.2. The van der Waals surface area contributed by atoms with Gasteiger partial charge in [-0.2, -0.15) is 0 Å². The third-order valence-corrected chi connectivity index (χ3v) is 12.0. The van der Waals surface area contributed by atoms with E-state index in [1.165, 1.54) is 6.07 Å². The monoisotopic (exact) mass is 836 g/mol. The molecule has 5 N–H and O–H groups in total. The number of hydrogen-bond acceptors (Lipinski definition) is 9. The van der Waals surface area contributed by atoms with E-state index >= 15 is 0 Å². The normalized spacial score (nSPS) is 15.6. The van der Waals surface area contributed by atoms with Gasteiger partial charge in [0.1, 0.15) is 18.1 Å². The molecule has 0 aliphatic carbocycles. The highest BCUT2D eigenvalue weighted by atomic mass is 16.6. The summed E-state index contributed by atoms with van der Waals surface area (Å²) in [4.78, 5) is 43.8. The third-order valence-electron chi connectivity index (χ3n) is 12.0. The number of aliphatic hydroxyl groups excluding tert-OH is 2. The van der Waals surface area contributed by atoms with Gasteiger partial charge in [0.25, 0.3) is 0 Å². The van der Waals surface area contributed by atoms with Gasteiger partial charge in [0.2, 0.25) is 5.91 Å². The second-order valence-electron chi connectivity index (χ2n) is 16.4. The summed E-state index contributed by atoms with van der Waals surface area (Å²) in [5.74, 6) is -0.0472. The molecule has 11 nitrogen and oxygen atoms in total. The Bertz CT molecular complexity index is 2430. The number of aryl methyl sites for hydroxylation is 3. The number of benzene rings is 5. The van der Waals surface area contributed by atoms with Crippen LogP contribution >= 0.6 is 0 Å². The van der Waals surface area contributed by atoms with Crippen molar-refractivity contribution in [3.8, 4) is 16.9 Å². The van der Waals surface area contributed by atoms with Crippen LogP contribution in [0.25, 0.3) is 17.2 Å². The van der Waals surface area contributed by atoms with Crippen LogP contribution in [0, 0.1) is 13.8 Å². The summed E-state index contributed by atoms with van der Waals surface area (Å²) in [5.41, 5.74) is 9.64.